The number of H-pyrrole nitrogens is 1. The molecule has 1 aliphatic heterocycles. The average molecular weight is 199 g/mol. The average Bonchev–Trinajstić information content (AvgIpc) is 2.70. The fourth-order valence-corrected chi connectivity index (χ4v) is 1.92. The Kier molecular flexibility index (Phi) is 2.85. The lowest BCUT2D eigenvalue weighted by Crippen LogP contribution is -1.97. The van der Waals surface area contributed by atoms with Crippen LogP contribution in [0, 0.1) is 0 Å². The fourth-order valence-electron chi connectivity index (χ4n) is 1.39. The largest absolute Gasteiger partial charge is 0.370 e. The standard InChI is InChI=1S/C8H13N3OS/c1-2-13-8-9-7(10-11-8)6-4-3-5-12-6/h6H,2-5H2,1H3,(H,9,10,11). The molecule has 13 heavy (non-hydrogen) atoms. The van der Waals surface area contributed by atoms with E-state index in [4.69, 9.17) is 4.74 Å². The lowest BCUT2D eigenvalue weighted by Gasteiger charge is -2.02. The molecule has 0 saturated carbocycles. The Morgan fingerprint density at radius 2 is 2.62 bits per heavy atom. The lowest BCUT2D eigenvalue weighted by molar-refractivity contribution is 0.105. The van der Waals surface area contributed by atoms with Crippen LogP contribution in [-0.2, 0) is 4.74 Å². The zero-order valence-corrected chi connectivity index (χ0v) is 8.43. The minimum atomic E-state index is 0.152. The van der Waals surface area contributed by atoms with Crippen molar-refractivity contribution in [2.45, 2.75) is 31.0 Å². The van der Waals surface area contributed by atoms with Gasteiger partial charge >= 0.3 is 0 Å². The molecule has 0 aromatic carbocycles. The van der Waals surface area contributed by atoms with Gasteiger partial charge in [0.05, 0.1) is 0 Å². The predicted molar refractivity (Wildman–Crippen MR) is 50.7 cm³/mol. The Morgan fingerprint density at radius 3 is 3.31 bits per heavy atom. The second-order valence-electron chi connectivity index (χ2n) is 2.94. The summed E-state index contributed by atoms with van der Waals surface area (Å²) in [5.74, 6) is 1.89. The maximum Gasteiger partial charge on any atom is 0.208 e. The highest BCUT2D eigenvalue weighted by atomic mass is 32.2. The van der Waals surface area contributed by atoms with Crippen molar-refractivity contribution >= 4 is 11.8 Å². The number of hydrogen-bond acceptors (Lipinski definition) is 4. The highest BCUT2D eigenvalue weighted by Crippen LogP contribution is 2.26. The van der Waals surface area contributed by atoms with E-state index in [2.05, 4.69) is 22.1 Å². The number of nitrogens with one attached hydrogen (secondary N) is 1. The van der Waals surface area contributed by atoms with Crippen molar-refractivity contribution in [3.8, 4) is 0 Å². The Balaban J connectivity index is 2.03. The third-order valence-electron chi connectivity index (χ3n) is 1.99. The molecule has 0 radical (unpaired) electrons. The summed E-state index contributed by atoms with van der Waals surface area (Å²) in [6.07, 6.45) is 2.34. The van der Waals surface area contributed by atoms with Crippen molar-refractivity contribution in [3.05, 3.63) is 5.82 Å². The molecule has 1 aromatic rings. The van der Waals surface area contributed by atoms with Crippen LogP contribution in [0.5, 0.6) is 0 Å². The van der Waals surface area contributed by atoms with Gasteiger partial charge in [0.25, 0.3) is 0 Å². The summed E-state index contributed by atoms with van der Waals surface area (Å²) in [6.45, 7) is 2.94. The van der Waals surface area contributed by atoms with E-state index in [9.17, 15) is 0 Å². The van der Waals surface area contributed by atoms with Gasteiger partial charge in [0.15, 0.2) is 5.82 Å². The molecule has 1 saturated heterocycles. The summed E-state index contributed by atoms with van der Waals surface area (Å²) < 4.78 is 5.49. The van der Waals surface area contributed by atoms with Gasteiger partial charge in [-0.25, -0.2) is 4.98 Å². The van der Waals surface area contributed by atoms with E-state index in [-0.39, 0.29) is 6.10 Å². The molecule has 0 bridgehead atoms. The number of rotatable bonds is 3. The monoisotopic (exact) mass is 199 g/mol. The molecule has 1 unspecified atom stereocenters. The first kappa shape index (κ1) is 9.02. The van der Waals surface area contributed by atoms with Crippen molar-refractivity contribution in [1.29, 1.82) is 0 Å². The number of nitrogens with zero attached hydrogens (tertiary/aromatic N) is 2. The minimum absolute atomic E-state index is 0.152. The first-order valence-corrected chi connectivity index (χ1v) is 5.55. The van der Waals surface area contributed by atoms with Crippen LogP contribution < -0.4 is 0 Å². The lowest BCUT2D eigenvalue weighted by atomic mass is 10.2. The number of hydrogen-bond donors (Lipinski definition) is 1. The number of thioether (sulfide) groups is 1. The predicted octanol–water partition coefficient (Wildman–Crippen LogP) is 1.77. The fraction of sp³-hybridized carbons (Fsp3) is 0.750. The summed E-state index contributed by atoms with van der Waals surface area (Å²) in [6, 6.07) is 0. The second kappa shape index (κ2) is 4.11. The zero-order valence-electron chi connectivity index (χ0n) is 7.62. The van der Waals surface area contributed by atoms with E-state index in [1.54, 1.807) is 11.8 Å². The van der Waals surface area contributed by atoms with Crippen LogP contribution in [0.4, 0.5) is 0 Å². The Bertz CT molecular complexity index is 270. The second-order valence-corrected chi connectivity index (χ2v) is 4.17. The van der Waals surface area contributed by atoms with Crippen LogP contribution in [0.1, 0.15) is 31.7 Å². The van der Waals surface area contributed by atoms with Crippen molar-refractivity contribution < 1.29 is 4.74 Å². The molecule has 72 valence electrons. The van der Waals surface area contributed by atoms with Gasteiger partial charge in [0.2, 0.25) is 5.16 Å². The maximum absolute atomic E-state index is 5.49. The van der Waals surface area contributed by atoms with Crippen LogP contribution in [0.25, 0.3) is 0 Å². The molecule has 0 amide bonds. The third-order valence-corrected chi connectivity index (χ3v) is 2.72. The Morgan fingerprint density at radius 1 is 1.69 bits per heavy atom. The molecular weight excluding hydrogens is 186 g/mol. The molecule has 1 atom stereocenters. The zero-order chi connectivity index (χ0) is 9.10. The molecule has 5 heteroatoms. The van der Waals surface area contributed by atoms with Crippen molar-refractivity contribution in [1.82, 2.24) is 15.2 Å². The molecule has 4 nitrogen and oxygen atoms in total. The number of aromatic nitrogens is 3. The molecule has 1 fully saturated rings. The van der Waals surface area contributed by atoms with Gasteiger partial charge in [-0.05, 0) is 18.6 Å². The maximum atomic E-state index is 5.49. The van der Waals surface area contributed by atoms with Crippen LogP contribution in [0.15, 0.2) is 5.16 Å². The smallest absolute Gasteiger partial charge is 0.208 e. The molecular formula is C8H13N3OS. The van der Waals surface area contributed by atoms with Crippen LogP contribution in [-0.4, -0.2) is 27.5 Å². The van der Waals surface area contributed by atoms with Crippen LogP contribution in [0.3, 0.4) is 0 Å². The van der Waals surface area contributed by atoms with Crippen LogP contribution in [0.2, 0.25) is 0 Å². The summed E-state index contributed by atoms with van der Waals surface area (Å²) in [4.78, 5) is 4.35. The Labute approximate surface area is 81.5 Å². The summed E-state index contributed by atoms with van der Waals surface area (Å²) in [5, 5.41) is 7.85. The number of aromatic amines is 1. The van der Waals surface area contributed by atoms with Gasteiger partial charge < -0.3 is 4.74 Å². The van der Waals surface area contributed by atoms with E-state index in [1.165, 1.54) is 0 Å². The summed E-state index contributed by atoms with van der Waals surface area (Å²) in [7, 11) is 0. The first-order valence-electron chi connectivity index (χ1n) is 4.57. The molecule has 0 aliphatic carbocycles. The topological polar surface area (TPSA) is 50.8 Å². The Hall–Kier alpha value is -0.550. The van der Waals surface area contributed by atoms with Crippen molar-refractivity contribution in [2.24, 2.45) is 0 Å². The van der Waals surface area contributed by atoms with E-state index in [0.29, 0.717) is 0 Å². The molecule has 2 heterocycles. The van der Waals surface area contributed by atoms with Gasteiger partial charge in [0.1, 0.15) is 6.10 Å². The van der Waals surface area contributed by atoms with E-state index in [0.717, 1.165) is 36.2 Å². The van der Waals surface area contributed by atoms with Gasteiger partial charge in [-0.15, -0.1) is 5.10 Å². The van der Waals surface area contributed by atoms with Crippen molar-refractivity contribution in [3.63, 3.8) is 0 Å². The highest BCUT2D eigenvalue weighted by molar-refractivity contribution is 7.99. The molecule has 1 aromatic heterocycles. The molecule has 0 spiro atoms. The quantitative estimate of drug-likeness (QED) is 0.754. The highest BCUT2D eigenvalue weighted by Gasteiger charge is 2.21. The van der Waals surface area contributed by atoms with Crippen LogP contribution >= 0.6 is 11.8 Å². The third kappa shape index (κ3) is 2.03. The molecule has 1 aliphatic rings. The molecule has 2 rings (SSSR count). The van der Waals surface area contributed by atoms with Crippen molar-refractivity contribution in [2.75, 3.05) is 12.4 Å². The number of ether oxygens (including phenoxy) is 1. The van der Waals surface area contributed by atoms with E-state index >= 15 is 0 Å². The SMILES string of the molecule is CCSc1n[nH]c(C2CCCO2)n1. The molecule has 1 N–H and O–H groups in total. The van der Waals surface area contributed by atoms with Gasteiger partial charge in [0, 0.05) is 6.61 Å². The van der Waals surface area contributed by atoms with E-state index in [1.807, 2.05) is 0 Å². The summed E-state index contributed by atoms with van der Waals surface area (Å²) >= 11 is 1.65. The van der Waals surface area contributed by atoms with E-state index < -0.39 is 0 Å². The normalized spacial score (nSPS) is 22.4. The first-order chi connectivity index (χ1) is 6.40. The summed E-state index contributed by atoms with van der Waals surface area (Å²) in [5.41, 5.74) is 0. The van der Waals surface area contributed by atoms with Gasteiger partial charge in [-0.3, -0.25) is 5.10 Å². The van der Waals surface area contributed by atoms with Gasteiger partial charge in [-0.1, -0.05) is 18.7 Å². The van der Waals surface area contributed by atoms with Gasteiger partial charge in [-0.2, -0.15) is 0 Å². The minimum Gasteiger partial charge on any atom is -0.370 e.